The van der Waals surface area contributed by atoms with Crippen molar-refractivity contribution < 1.29 is 17.7 Å². The molecule has 0 bridgehead atoms. The van der Waals surface area contributed by atoms with E-state index >= 15 is 0 Å². The molecular formula is C16H16F3N5O. The van der Waals surface area contributed by atoms with Crippen LogP contribution in [0.4, 0.5) is 13.2 Å². The van der Waals surface area contributed by atoms with Gasteiger partial charge in [0, 0.05) is 0 Å². The monoisotopic (exact) mass is 351 g/mol. The minimum absolute atomic E-state index is 0.0837. The van der Waals surface area contributed by atoms with Crippen LogP contribution in [0, 0.1) is 0 Å². The molecule has 1 aliphatic rings. The first-order valence-corrected chi connectivity index (χ1v) is 8.01. The minimum atomic E-state index is -4.58. The highest BCUT2D eigenvalue weighted by Gasteiger charge is 2.39. The van der Waals surface area contributed by atoms with Crippen molar-refractivity contribution in [2.24, 2.45) is 5.73 Å². The van der Waals surface area contributed by atoms with Crippen molar-refractivity contribution in [2.45, 2.75) is 43.9 Å². The summed E-state index contributed by atoms with van der Waals surface area (Å²) in [6.45, 7) is -0.210. The van der Waals surface area contributed by atoms with Gasteiger partial charge in [0.15, 0.2) is 5.82 Å². The molecule has 25 heavy (non-hydrogen) atoms. The lowest BCUT2D eigenvalue weighted by Gasteiger charge is -2.17. The van der Waals surface area contributed by atoms with Gasteiger partial charge in [0.1, 0.15) is 6.54 Å². The van der Waals surface area contributed by atoms with Crippen LogP contribution in [0.1, 0.15) is 43.2 Å². The molecule has 132 valence electrons. The van der Waals surface area contributed by atoms with E-state index < -0.39 is 17.5 Å². The molecule has 0 amide bonds. The molecular weight excluding hydrogens is 335 g/mol. The van der Waals surface area contributed by atoms with Crippen molar-refractivity contribution in [1.29, 1.82) is 0 Å². The summed E-state index contributed by atoms with van der Waals surface area (Å²) in [5.74, 6) is -0.546. The second-order valence-corrected chi connectivity index (χ2v) is 6.38. The Labute approximate surface area is 140 Å². The Balaban J connectivity index is 1.72. The molecule has 0 radical (unpaired) electrons. The van der Waals surface area contributed by atoms with E-state index in [4.69, 9.17) is 10.3 Å². The third-order valence-electron chi connectivity index (χ3n) is 4.61. The van der Waals surface area contributed by atoms with Crippen LogP contribution in [-0.4, -0.2) is 19.7 Å². The molecule has 1 aliphatic carbocycles. The SMILES string of the molecule is NC1(c2noc(Cn3c(C(F)(F)F)nc4ccccc43)n2)CCCC1. The van der Waals surface area contributed by atoms with Gasteiger partial charge in [0.25, 0.3) is 0 Å². The summed E-state index contributed by atoms with van der Waals surface area (Å²) in [5.41, 5.74) is 6.25. The maximum atomic E-state index is 13.3. The molecule has 0 atom stereocenters. The van der Waals surface area contributed by atoms with Gasteiger partial charge in [-0.15, -0.1) is 0 Å². The number of halogens is 3. The number of hydrogen-bond acceptors (Lipinski definition) is 5. The Hall–Kier alpha value is -2.42. The Morgan fingerprint density at radius 2 is 1.88 bits per heavy atom. The Bertz CT molecular complexity index is 908. The van der Waals surface area contributed by atoms with Crippen LogP contribution in [0.2, 0.25) is 0 Å². The third-order valence-corrected chi connectivity index (χ3v) is 4.61. The van der Waals surface area contributed by atoms with Crippen LogP contribution in [0.5, 0.6) is 0 Å². The number of alkyl halides is 3. The van der Waals surface area contributed by atoms with Crippen LogP contribution < -0.4 is 5.73 Å². The molecule has 1 saturated carbocycles. The van der Waals surface area contributed by atoms with E-state index in [1.165, 1.54) is 6.07 Å². The van der Waals surface area contributed by atoms with E-state index in [9.17, 15) is 13.2 Å². The van der Waals surface area contributed by atoms with Crippen LogP contribution in [0.25, 0.3) is 11.0 Å². The summed E-state index contributed by atoms with van der Waals surface area (Å²) < 4.78 is 46.2. The molecule has 1 fully saturated rings. The van der Waals surface area contributed by atoms with Gasteiger partial charge in [-0.05, 0) is 25.0 Å². The second-order valence-electron chi connectivity index (χ2n) is 6.38. The quantitative estimate of drug-likeness (QED) is 0.783. The molecule has 1 aromatic carbocycles. The van der Waals surface area contributed by atoms with E-state index in [-0.39, 0.29) is 18.0 Å². The van der Waals surface area contributed by atoms with Crippen LogP contribution in [-0.2, 0) is 18.3 Å². The second kappa shape index (κ2) is 5.55. The van der Waals surface area contributed by atoms with Gasteiger partial charge in [-0.3, -0.25) is 0 Å². The topological polar surface area (TPSA) is 82.8 Å². The lowest BCUT2D eigenvalue weighted by Crippen LogP contribution is -2.34. The maximum Gasteiger partial charge on any atom is 0.449 e. The van der Waals surface area contributed by atoms with Gasteiger partial charge in [-0.2, -0.15) is 18.2 Å². The zero-order valence-electron chi connectivity index (χ0n) is 13.3. The summed E-state index contributed by atoms with van der Waals surface area (Å²) >= 11 is 0. The molecule has 4 rings (SSSR count). The number of fused-ring (bicyclic) bond motifs is 1. The molecule has 2 N–H and O–H groups in total. The maximum absolute atomic E-state index is 13.3. The van der Waals surface area contributed by atoms with Crippen molar-refractivity contribution in [3.63, 3.8) is 0 Å². The van der Waals surface area contributed by atoms with Gasteiger partial charge in [-0.1, -0.05) is 30.1 Å². The largest absolute Gasteiger partial charge is 0.449 e. The zero-order valence-corrected chi connectivity index (χ0v) is 13.3. The fraction of sp³-hybridized carbons (Fsp3) is 0.438. The number of nitrogens with two attached hydrogens (primary N) is 1. The highest BCUT2D eigenvalue weighted by atomic mass is 19.4. The number of imidazole rings is 1. The van der Waals surface area contributed by atoms with Gasteiger partial charge < -0.3 is 14.8 Å². The molecule has 3 aromatic rings. The summed E-state index contributed by atoms with van der Waals surface area (Å²) in [4.78, 5) is 7.95. The lowest BCUT2D eigenvalue weighted by molar-refractivity contribution is -0.146. The van der Waals surface area contributed by atoms with Gasteiger partial charge in [0.2, 0.25) is 11.7 Å². The summed E-state index contributed by atoms with van der Waals surface area (Å²) in [7, 11) is 0. The normalized spacial score (nSPS) is 17.4. The molecule has 0 spiro atoms. The highest BCUT2D eigenvalue weighted by molar-refractivity contribution is 5.76. The van der Waals surface area contributed by atoms with Crippen LogP contribution in [0.3, 0.4) is 0 Å². The fourth-order valence-corrected chi connectivity index (χ4v) is 3.34. The van der Waals surface area contributed by atoms with E-state index in [1.807, 2.05) is 0 Å². The van der Waals surface area contributed by atoms with Crippen molar-refractivity contribution >= 4 is 11.0 Å². The Kier molecular flexibility index (Phi) is 3.57. The smallest absolute Gasteiger partial charge is 0.337 e. The lowest BCUT2D eigenvalue weighted by atomic mass is 9.99. The van der Waals surface area contributed by atoms with E-state index in [1.54, 1.807) is 18.2 Å². The van der Waals surface area contributed by atoms with Crippen LogP contribution >= 0.6 is 0 Å². The molecule has 0 saturated heterocycles. The first-order valence-electron chi connectivity index (χ1n) is 8.01. The standard InChI is InChI=1S/C16H16F3N5O/c17-16(18,19)14-21-10-5-1-2-6-11(10)24(14)9-12-22-13(23-25-12)15(20)7-3-4-8-15/h1-2,5-6H,3-4,7-9,20H2. The molecule has 0 unspecified atom stereocenters. The number of nitrogens with zero attached hydrogens (tertiary/aromatic N) is 4. The first-order chi connectivity index (χ1) is 11.9. The highest BCUT2D eigenvalue weighted by Crippen LogP contribution is 2.35. The fourth-order valence-electron chi connectivity index (χ4n) is 3.34. The van der Waals surface area contributed by atoms with E-state index in [0.717, 1.165) is 30.3 Å². The van der Waals surface area contributed by atoms with Crippen molar-refractivity contribution in [2.75, 3.05) is 0 Å². The van der Waals surface area contributed by atoms with Crippen molar-refractivity contribution in [1.82, 2.24) is 19.7 Å². The van der Waals surface area contributed by atoms with E-state index in [2.05, 4.69) is 15.1 Å². The summed E-state index contributed by atoms with van der Waals surface area (Å²) in [6, 6.07) is 6.42. The number of benzene rings is 1. The molecule has 0 aliphatic heterocycles. The van der Waals surface area contributed by atoms with Gasteiger partial charge in [0.05, 0.1) is 16.6 Å². The van der Waals surface area contributed by atoms with E-state index in [0.29, 0.717) is 11.3 Å². The number of para-hydroxylation sites is 2. The third kappa shape index (κ3) is 2.78. The average Bonchev–Trinajstić information content (AvgIpc) is 3.27. The number of aromatic nitrogens is 4. The average molecular weight is 351 g/mol. The number of rotatable bonds is 3. The Morgan fingerprint density at radius 1 is 1.16 bits per heavy atom. The van der Waals surface area contributed by atoms with Gasteiger partial charge in [-0.25, -0.2) is 4.98 Å². The molecule has 2 aromatic heterocycles. The molecule has 9 heteroatoms. The number of hydrogen-bond donors (Lipinski definition) is 1. The summed E-state index contributed by atoms with van der Waals surface area (Å²) in [5, 5.41) is 3.90. The predicted molar refractivity (Wildman–Crippen MR) is 82.5 cm³/mol. The Morgan fingerprint density at radius 3 is 2.60 bits per heavy atom. The van der Waals surface area contributed by atoms with Crippen molar-refractivity contribution in [3.8, 4) is 0 Å². The zero-order chi connectivity index (χ0) is 17.7. The summed E-state index contributed by atoms with van der Waals surface area (Å²) in [6.07, 6.45) is -1.14. The van der Waals surface area contributed by atoms with Crippen molar-refractivity contribution in [3.05, 3.63) is 41.8 Å². The minimum Gasteiger partial charge on any atom is -0.337 e. The molecule has 6 nitrogen and oxygen atoms in total. The van der Waals surface area contributed by atoms with Crippen LogP contribution in [0.15, 0.2) is 28.8 Å². The first kappa shape index (κ1) is 16.1. The predicted octanol–water partition coefficient (Wildman–Crippen LogP) is 3.21. The molecule has 2 heterocycles. The van der Waals surface area contributed by atoms with Gasteiger partial charge >= 0.3 is 6.18 Å².